The lowest BCUT2D eigenvalue weighted by Crippen LogP contribution is -2.28. The number of aliphatic hydroxyl groups is 1. The van der Waals surface area contributed by atoms with Gasteiger partial charge in [-0.2, -0.15) is 0 Å². The third-order valence-electron chi connectivity index (χ3n) is 2.78. The van der Waals surface area contributed by atoms with E-state index in [0.29, 0.717) is 5.69 Å². The first-order valence-electron chi connectivity index (χ1n) is 5.86. The van der Waals surface area contributed by atoms with Crippen molar-refractivity contribution in [2.24, 2.45) is 0 Å². The van der Waals surface area contributed by atoms with E-state index in [1.165, 1.54) is 10.9 Å². The first-order valence-corrected chi connectivity index (χ1v) is 5.86. The molecule has 0 fully saturated rings. The predicted octanol–water partition coefficient (Wildman–Crippen LogP) is 0.813. The lowest BCUT2D eigenvalue weighted by Gasteiger charge is -2.23. The molecule has 0 radical (unpaired) electrons. The number of hydrogen-bond donors (Lipinski definition) is 2. The molecule has 1 atom stereocenters. The van der Waals surface area contributed by atoms with Crippen molar-refractivity contribution in [3.63, 3.8) is 0 Å². The highest BCUT2D eigenvalue weighted by Gasteiger charge is 2.24. The van der Waals surface area contributed by atoms with Gasteiger partial charge in [0.15, 0.2) is 0 Å². The Morgan fingerprint density at radius 1 is 1.37 bits per heavy atom. The molecule has 0 aliphatic heterocycles. The normalized spacial score (nSPS) is 14.0. The highest BCUT2D eigenvalue weighted by Crippen LogP contribution is 2.21. The molecule has 0 aliphatic rings. The van der Waals surface area contributed by atoms with Crippen LogP contribution >= 0.6 is 0 Å². The van der Waals surface area contributed by atoms with Crippen LogP contribution in [0.15, 0.2) is 36.5 Å². The molecule has 1 aromatic heterocycles. The summed E-state index contributed by atoms with van der Waals surface area (Å²) < 4.78 is 1.45. The minimum absolute atomic E-state index is 0.173. The summed E-state index contributed by atoms with van der Waals surface area (Å²) in [5.41, 5.74) is 0.0526. The number of carboxylic acids is 1. The summed E-state index contributed by atoms with van der Waals surface area (Å²) in [5.74, 6) is -0.957. The van der Waals surface area contributed by atoms with Crippen LogP contribution < -0.4 is 0 Å². The lowest BCUT2D eigenvalue weighted by molar-refractivity contribution is -0.136. The van der Waals surface area contributed by atoms with Crippen molar-refractivity contribution in [3.8, 4) is 0 Å². The topological polar surface area (TPSA) is 88.2 Å². The summed E-state index contributed by atoms with van der Waals surface area (Å²) in [6.07, 6.45) is 1.36. The van der Waals surface area contributed by atoms with Crippen LogP contribution in [0.3, 0.4) is 0 Å². The monoisotopic (exact) mass is 261 g/mol. The summed E-state index contributed by atoms with van der Waals surface area (Å²) in [7, 11) is 0. The zero-order valence-corrected chi connectivity index (χ0v) is 10.5. The highest BCUT2D eigenvalue weighted by molar-refractivity contribution is 5.69. The molecule has 2 aromatic rings. The van der Waals surface area contributed by atoms with E-state index in [9.17, 15) is 9.90 Å². The molecule has 1 unspecified atom stereocenters. The maximum atomic E-state index is 10.6. The number of hydrogen-bond acceptors (Lipinski definition) is 4. The summed E-state index contributed by atoms with van der Waals surface area (Å²) in [6, 6.07) is 9.23. The van der Waals surface area contributed by atoms with Gasteiger partial charge in [-0.15, -0.1) is 5.10 Å². The van der Waals surface area contributed by atoms with Crippen LogP contribution in [-0.2, 0) is 23.4 Å². The fraction of sp³-hybridized carbons (Fsp3) is 0.308. The Morgan fingerprint density at radius 2 is 2.05 bits per heavy atom. The van der Waals surface area contributed by atoms with Crippen molar-refractivity contribution in [1.82, 2.24) is 15.0 Å². The van der Waals surface area contributed by atoms with E-state index in [-0.39, 0.29) is 13.0 Å². The summed E-state index contributed by atoms with van der Waals surface area (Å²) in [6.45, 7) is 1.89. The Labute approximate surface area is 110 Å². The second-order valence-electron chi connectivity index (χ2n) is 4.62. The second-order valence-corrected chi connectivity index (χ2v) is 4.62. The predicted molar refractivity (Wildman–Crippen MR) is 67.4 cm³/mol. The average molecular weight is 261 g/mol. The van der Waals surface area contributed by atoms with Gasteiger partial charge in [0, 0.05) is 6.20 Å². The summed E-state index contributed by atoms with van der Waals surface area (Å²) in [5, 5.41) is 26.7. The Kier molecular flexibility index (Phi) is 3.62. The Hall–Kier alpha value is -2.21. The molecule has 2 rings (SSSR count). The Morgan fingerprint density at radius 3 is 2.68 bits per heavy atom. The minimum atomic E-state index is -1.09. The van der Waals surface area contributed by atoms with E-state index in [0.717, 1.165) is 5.56 Å². The summed E-state index contributed by atoms with van der Waals surface area (Å²) in [4.78, 5) is 10.6. The highest BCUT2D eigenvalue weighted by atomic mass is 16.4. The first kappa shape index (κ1) is 13.2. The number of aliphatic carboxylic acids is 1. The molecular formula is C13H15N3O3. The van der Waals surface area contributed by atoms with Crippen molar-refractivity contribution in [2.45, 2.75) is 25.5 Å². The van der Waals surface area contributed by atoms with E-state index in [4.69, 9.17) is 5.11 Å². The first-order chi connectivity index (χ1) is 8.97. The van der Waals surface area contributed by atoms with Gasteiger partial charge in [-0.25, -0.2) is 4.68 Å². The molecule has 100 valence electrons. The molecule has 1 heterocycles. The SMILES string of the molecule is CC(O)(Cn1cc(CC(=O)O)nn1)c1ccccc1. The average Bonchev–Trinajstić information content (AvgIpc) is 2.76. The summed E-state index contributed by atoms with van der Waals surface area (Å²) >= 11 is 0. The van der Waals surface area contributed by atoms with Crippen molar-refractivity contribution in [1.29, 1.82) is 0 Å². The second kappa shape index (κ2) is 5.19. The van der Waals surface area contributed by atoms with Crippen LogP contribution in [0.2, 0.25) is 0 Å². The third kappa shape index (κ3) is 3.38. The molecule has 0 saturated carbocycles. The van der Waals surface area contributed by atoms with Crippen LogP contribution in [0, 0.1) is 0 Å². The number of carbonyl (C=O) groups is 1. The van der Waals surface area contributed by atoms with Gasteiger partial charge in [-0.3, -0.25) is 4.79 Å². The molecule has 0 saturated heterocycles. The molecule has 1 aromatic carbocycles. The largest absolute Gasteiger partial charge is 0.481 e. The molecule has 2 N–H and O–H groups in total. The van der Waals surface area contributed by atoms with Gasteiger partial charge in [0.25, 0.3) is 0 Å². The van der Waals surface area contributed by atoms with Crippen LogP contribution in [0.25, 0.3) is 0 Å². The van der Waals surface area contributed by atoms with Gasteiger partial charge in [0.2, 0.25) is 0 Å². The van der Waals surface area contributed by atoms with Crippen molar-refractivity contribution in [2.75, 3.05) is 0 Å². The molecule has 6 nitrogen and oxygen atoms in total. The van der Waals surface area contributed by atoms with E-state index in [1.54, 1.807) is 6.92 Å². The molecule has 19 heavy (non-hydrogen) atoms. The zero-order valence-electron chi connectivity index (χ0n) is 10.5. The zero-order chi connectivity index (χ0) is 13.9. The number of carboxylic acid groups (broad SMARTS) is 1. The van der Waals surface area contributed by atoms with Gasteiger partial charge >= 0.3 is 5.97 Å². The molecule has 0 aliphatic carbocycles. The van der Waals surface area contributed by atoms with E-state index < -0.39 is 11.6 Å². The van der Waals surface area contributed by atoms with E-state index in [1.807, 2.05) is 30.3 Å². The lowest BCUT2D eigenvalue weighted by atomic mass is 9.96. The fourth-order valence-electron chi connectivity index (χ4n) is 1.86. The molecule has 0 amide bonds. The van der Waals surface area contributed by atoms with Crippen LogP contribution in [0.1, 0.15) is 18.2 Å². The van der Waals surface area contributed by atoms with Crippen molar-refractivity contribution in [3.05, 3.63) is 47.8 Å². The van der Waals surface area contributed by atoms with Gasteiger partial charge < -0.3 is 10.2 Å². The van der Waals surface area contributed by atoms with Gasteiger partial charge in [-0.05, 0) is 12.5 Å². The van der Waals surface area contributed by atoms with Crippen LogP contribution in [0.4, 0.5) is 0 Å². The molecule has 0 bridgehead atoms. The van der Waals surface area contributed by atoms with Crippen molar-refractivity contribution >= 4 is 5.97 Å². The molecular weight excluding hydrogens is 246 g/mol. The van der Waals surface area contributed by atoms with Crippen LogP contribution in [0.5, 0.6) is 0 Å². The quantitative estimate of drug-likeness (QED) is 0.831. The van der Waals surface area contributed by atoms with Crippen molar-refractivity contribution < 1.29 is 15.0 Å². The van der Waals surface area contributed by atoms with Crippen LogP contribution in [-0.4, -0.2) is 31.2 Å². The Bertz CT molecular complexity index is 564. The Balaban J connectivity index is 2.12. The number of aromatic nitrogens is 3. The maximum absolute atomic E-state index is 10.6. The number of nitrogens with zero attached hydrogens (tertiary/aromatic N) is 3. The molecule has 0 spiro atoms. The third-order valence-corrected chi connectivity index (χ3v) is 2.78. The number of benzene rings is 1. The van der Waals surface area contributed by atoms with E-state index in [2.05, 4.69) is 10.3 Å². The fourth-order valence-corrected chi connectivity index (χ4v) is 1.86. The number of rotatable bonds is 5. The minimum Gasteiger partial charge on any atom is -0.481 e. The smallest absolute Gasteiger partial charge is 0.309 e. The maximum Gasteiger partial charge on any atom is 0.309 e. The standard InChI is InChI=1S/C13H15N3O3/c1-13(19,10-5-3-2-4-6-10)9-16-8-11(14-15-16)7-12(17)18/h2-6,8,19H,7,9H2,1H3,(H,17,18). The van der Waals surface area contributed by atoms with E-state index >= 15 is 0 Å². The molecule has 6 heteroatoms. The van der Waals surface area contributed by atoms with Gasteiger partial charge in [0.1, 0.15) is 5.60 Å². The van der Waals surface area contributed by atoms with Gasteiger partial charge in [-0.1, -0.05) is 35.5 Å². The van der Waals surface area contributed by atoms with Gasteiger partial charge in [0.05, 0.1) is 18.7 Å².